The van der Waals surface area contributed by atoms with Gasteiger partial charge in [-0.3, -0.25) is 14.4 Å². The average molecular weight is 414 g/mol. The molecule has 1 heterocycles. The van der Waals surface area contributed by atoms with Gasteiger partial charge < -0.3 is 19.8 Å². The Morgan fingerprint density at radius 2 is 1.83 bits per heavy atom. The number of furan rings is 1. The van der Waals surface area contributed by atoms with E-state index in [1.54, 1.807) is 42.7 Å². The van der Waals surface area contributed by atoms with Gasteiger partial charge in [0.15, 0.2) is 6.61 Å². The minimum Gasteiger partial charge on any atom is -0.484 e. The van der Waals surface area contributed by atoms with Gasteiger partial charge in [0.2, 0.25) is 11.8 Å². The number of hydrogen-bond acceptors (Lipinski definition) is 6. The quantitative estimate of drug-likeness (QED) is 0.293. The van der Waals surface area contributed by atoms with Crippen LogP contribution in [-0.4, -0.2) is 37.1 Å². The van der Waals surface area contributed by atoms with Crippen molar-refractivity contribution in [1.82, 2.24) is 16.1 Å². The molecule has 1 aromatic carbocycles. The number of rotatable bonds is 11. The van der Waals surface area contributed by atoms with E-state index >= 15 is 0 Å². The van der Waals surface area contributed by atoms with Crippen LogP contribution in [0.25, 0.3) is 0 Å². The fourth-order valence-corrected chi connectivity index (χ4v) is 2.19. The van der Waals surface area contributed by atoms with Gasteiger partial charge >= 0.3 is 0 Å². The van der Waals surface area contributed by atoms with Crippen LogP contribution in [-0.2, 0) is 20.9 Å². The molecule has 1 aromatic heterocycles. The van der Waals surface area contributed by atoms with Crippen LogP contribution in [0.2, 0.25) is 0 Å². The van der Waals surface area contributed by atoms with E-state index in [0.29, 0.717) is 36.1 Å². The third kappa shape index (κ3) is 9.05. The predicted molar refractivity (Wildman–Crippen MR) is 111 cm³/mol. The van der Waals surface area contributed by atoms with Gasteiger partial charge in [-0.1, -0.05) is 13.8 Å². The van der Waals surface area contributed by atoms with Gasteiger partial charge in [0.1, 0.15) is 17.9 Å². The first-order valence-electron chi connectivity index (χ1n) is 9.53. The second-order valence-corrected chi connectivity index (χ2v) is 6.88. The molecule has 3 N–H and O–H groups in total. The summed E-state index contributed by atoms with van der Waals surface area (Å²) in [4.78, 5) is 35.0. The molecular weight excluding hydrogens is 388 g/mol. The number of carbonyl (C=O) groups excluding carboxylic acids is 3. The Bertz CT molecular complexity index is 845. The Morgan fingerprint density at radius 1 is 1.07 bits per heavy atom. The fourth-order valence-electron chi connectivity index (χ4n) is 2.19. The summed E-state index contributed by atoms with van der Waals surface area (Å²) in [6, 6.07) is 10.3. The third-order valence-electron chi connectivity index (χ3n) is 3.72. The Hall–Kier alpha value is -3.62. The monoisotopic (exact) mass is 414 g/mol. The number of benzene rings is 1. The Kier molecular flexibility index (Phi) is 9.11. The van der Waals surface area contributed by atoms with Crippen LogP contribution < -0.4 is 20.8 Å². The van der Waals surface area contributed by atoms with Crippen molar-refractivity contribution in [2.24, 2.45) is 11.0 Å². The molecule has 0 aliphatic heterocycles. The lowest BCUT2D eigenvalue weighted by molar-refractivity contribution is -0.129. The molecule has 30 heavy (non-hydrogen) atoms. The molecule has 0 radical (unpaired) electrons. The van der Waals surface area contributed by atoms with E-state index in [2.05, 4.69) is 21.2 Å². The zero-order valence-corrected chi connectivity index (χ0v) is 17.0. The molecule has 0 aliphatic carbocycles. The van der Waals surface area contributed by atoms with Crippen molar-refractivity contribution in [3.05, 3.63) is 54.0 Å². The van der Waals surface area contributed by atoms with Crippen molar-refractivity contribution in [3.8, 4) is 5.75 Å². The summed E-state index contributed by atoms with van der Waals surface area (Å²) in [7, 11) is 0. The average Bonchev–Trinajstić information content (AvgIpc) is 3.24. The molecule has 0 bridgehead atoms. The summed E-state index contributed by atoms with van der Waals surface area (Å²) in [6.07, 6.45) is 2.71. The van der Waals surface area contributed by atoms with Crippen molar-refractivity contribution in [1.29, 1.82) is 0 Å². The lowest BCUT2D eigenvalue weighted by Crippen LogP contribution is -2.32. The van der Waals surface area contributed by atoms with Crippen molar-refractivity contribution in [3.63, 3.8) is 0 Å². The van der Waals surface area contributed by atoms with Crippen molar-refractivity contribution >= 4 is 23.9 Å². The first-order valence-corrected chi connectivity index (χ1v) is 9.53. The highest BCUT2D eigenvalue weighted by Crippen LogP contribution is 2.11. The molecule has 0 unspecified atom stereocenters. The standard InChI is InChI=1S/C21H26N4O5/c1-15(2)11-22-19(26)10-20(27)25-24-12-16-5-7-17(8-6-16)30-14-21(28)23-13-18-4-3-9-29-18/h3-9,12,15H,10-11,13-14H2,1-2H3,(H,22,26)(H,23,28)(H,25,27)/b24-12+. The smallest absolute Gasteiger partial charge is 0.258 e. The minimum absolute atomic E-state index is 0.122. The van der Waals surface area contributed by atoms with Crippen LogP contribution in [0.5, 0.6) is 5.75 Å². The van der Waals surface area contributed by atoms with Gasteiger partial charge in [0.05, 0.1) is 19.0 Å². The first-order chi connectivity index (χ1) is 14.4. The Morgan fingerprint density at radius 3 is 2.50 bits per heavy atom. The second-order valence-electron chi connectivity index (χ2n) is 6.88. The molecule has 9 heteroatoms. The number of hydrazone groups is 1. The lowest BCUT2D eigenvalue weighted by atomic mass is 10.2. The predicted octanol–water partition coefficient (Wildman–Crippen LogP) is 1.59. The Labute approximate surface area is 174 Å². The molecular formula is C21H26N4O5. The van der Waals surface area contributed by atoms with Crippen molar-refractivity contribution < 1.29 is 23.5 Å². The molecule has 2 aromatic rings. The second kappa shape index (κ2) is 12.1. The van der Waals surface area contributed by atoms with E-state index in [1.807, 2.05) is 13.8 Å². The summed E-state index contributed by atoms with van der Waals surface area (Å²) in [6.45, 7) is 4.64. The number of nitrogens with one attached hydrogen (secondary N) is 3. The maximum Gasteiger partial charge on any atom is 0.258 e. The topological polar surface area (TPSA) is 122 Å². The van der Waals surface area contributed by atoms with Crippen LogP contribution >= 0.6 is 0 Å². The normalized spacial score (nSPS) is 10.8. The fraction of sp³-hybridized carbons (Fsp3) is 0.333. The van der Waals surface area contributed by atoms with Crippen LogP contribution in [0, 0.1) is 5.92 Å². The minimum atomic E-state index is -0.493. The van der Waals surface area contributed by atoms with Gasteiger partial charge in [-0.05, 0) is 47.9 Å². The number of ether oxygens (including phenoxy) is 1. The molecule has 0 atom stereocenters. The summed E-state index contributed by atoms with van der Waals surface area (Å²) >= 11 is 0. The highest BCUT2D eigenvalue weighted by atomic mass is 16.5. The zero-order chi connectivity index (χ0) is 21.8. The molecule has 3 amide bonds. The molecule has 0 spiro atoms. The van der Waals surface area contributed by atoms with E-state index < -0.39 is 5.91 Å². The summed E-state index contributed by atoms with van der Waals surface area (Å²) in [5, 5.41) is 9.17. The highest BCUT2D eigenvalue weighted by molar-refractivity contribution is 5.97. The first kappa shape index (κ1) is 22.7. The molecule has 0 aliphatic rings. The van der Waals surface area contributed by atoms with Gasteiger partial charge in [-0.15, -0.1) is 0 Å². The lowest BCUT2D eigenvalue weighted by Gasteiger charge is -2.07. The van der Waals surface area contributed by atoms with Crippen LogP contribution in [0.3, 0.4) is 0 Å². The van der Waals surface area contributed by atoms with Gasteiger partial charge in [-0.25, -0.2) is 5.43 Å². The molecule has 0 fully saturated rings. The van der Waals surface area contributed by atoms with Gasteiger partial charge in [0.25, 0.3) is 5.91 Å². The third-order valence-corrected chi connectivity index (χ3v) is 3.72. The molecule has 160 valence electrons. The summed E-state index contributed by atoms with van der Waals surface area (Å²) in [5.41, 5.74) is 3.02. The van der Waals surface area contributed by atoms with Crippen molar-refractivity contribution in [2.45, 2.75) is 26.8 Å². The molecule has 0 saturated heterocycles. The number of carbonyl (C=O) groups is 3. The maximum absolute atomic E-state index is 11.8. The van der Waals surface area contributed by atoms with E-state index in [4.69, 9.17) is 9.15 Å². The van der Waals surface area contributed by atoms with Gasteiger partial charge in [0, 0.05) is 6.54 Å². The largest absolute Gasteiger partial charge is 0.484 e. The van der Waals surface area contributed by atoms with Crippen LogP contribution in [0.15, 0.2) is 52.2 Å². The highest BCUT2D eigenvalue weighted by Gasteiger charge is 2.08. The Balaban J connectivity index is 1.67. The number of amides is 3. The van der Waals surface area contributed by atoms with Gasteiger partial charge in [-0.2, -0.15) is 5.10 Å². The van der Waals surface area contributed by atoms with E-state index in [-0.39, 0.29) is 24.8 Å². The number of hydrogen-bond donors (Lipinski definition) is 3. The van der Waals surface area contributed by atoms with E-state index in [9.17, 15) is 14.4 Å². The van der Waals surface area contributed by atoms with E-state index in [1.165, 1.54) is 6.21 Å². The van der Waals surface area contributed by atoms with Crippen LogP contribution in [0.4, 0.5) is 0 Å². The zero-order valence-electron chi connectivity index (χ0n) is 17.0. The van der Waals surface area contributed by atoms with Crippen molar-refractivity contribution in [2.75, 3.05) is 13.2 Å². The van der Waals surface area contributed by atoms with E-state index in [0.717, 1.165) is 0 Å². The summed E-state index contributed by atoms with van der Waals surface area (Å²) in [5.74, 6) is 0.399. The van der Waals surface area contributed by atoms with Crippen LogP contribution in [0.1, 0.15) is 31.6 Å². The molecule has 9 nitrogen and oxygen atoms in total. The maximum atomic E-state index is 11.8. The number of nitrogens with zero attached hydrogens (tertiary/aromatic N) is 1. The SMILES string of the molecule is CC(C)CNC(=O)CC(=O)N/N=C/c1ccc(OCC(=O)NCc2ccco2)cc1. The molecule has 2 rings (SSSR count). The summed E-state index contributed by atoms with van der Waals surface area (Å²) < 4.78 is 10.5. The molecule has 0 saturated carbocycles.